The van der Waals surface area contributed by atoms with E-state index < -0.39 is 0 Å². The third-order valence-electron chi connectivity index (χ3n) is 4.07. The molecule has 0 aromatic carbocycles. The Morgan fingerprint density at radius 2 is 2.18 bits per heavy atom. The minimum Gasteiger partial charge on any atom is -0.373 e. The lowest BCUT2D eigenvalue weighted by Gasteiger charge is -2.25. The van der Waals surface area contributed by atoms with Gasteiger partial charge in [-0.3, -0.25) is 4.99 Å². The molecule has 1 atom stereocenters. The SMILES string of the molecule is CCC1(CC)CSC(=NCC2(C)CCCO2)N1. The molecule has 0 aromatic rings. The maximum absolute atomic E-state index is 5.76. The van der Waals surface area contributed by atoms with Crippen molar-refractivity contribution in [1.82, 2.24) is 5.32 Å². The van der Waals surface area contributed by atoms with Crippen molar-refractivity contribution < 1.29 is 4.74 Å². The molecule has 4 heteroatoms. The van der Waals surface area contributed by atoms with Crippen molar-refractivity contribution in [3.05, 3.63) is 0 Å². The summed E-state index contributed by atoms with van der Waals surface area (Å²) in [6, 6.07) is 0. The second kappa shape index (κ2) is 5.19. The van der Waals surface area contributed by atoms with Crippen LogP contribution < -0.4 is 5.32 Å². The van der Waals surface area contributed by atoms with Crippen LogP contribution in [0.4, 0.5) is 0 Å². The van der Waals surface area contributed by atoms with Gasteiger partial charge in [-0.25, -0.2) is 0 Å². The van der Waals surface area contributed by atoms with E-state index >= 15 is 0 Å². The van der Waals surface area contributed by atoms with E-state index in [4.69, 9.17) is 9.73 Å². The fourth-order valence-electron chi connectivity index (χ4n) is 2.42. The molecule has 0 saturated carbocycles. The van der Waals surface area contributed by atoms with Crippen molar-refractivity contribution in [2.24, 2.45) is 4.99 Å². The highest BCUT2D eigenvalue weighted by molar-refractivity contribution is 8.14. The number of ether oxygens (including phenoxy) is 1. The van der Waals surface area contributed by atoms with Crippen molar-refractivity contribution in [3.8, 4) is 0 Å². The largest absolute Gasteiger partial charge is 0.373 e. The average Bonchev–Trinajstić information content (AvgIpc) is 2.95. The van der Waals surface area contributed by atoms with Gasteiger partial charge in [0, 0.05) is 17.9 Å². The molecular weight excluding hydrogens is 232 g/mol. The zero-order valence-corrected chi connectivity index (χ0v) is 12.0. The predicted octanol–water partition coefficient (Wildman–Crippen LogP) is 2.81. The summed E-state index contributed by atoms with van der Waals surface area (Å²) in [5, 5.41) is 4.72. The van der Waals surface area contributed by atoms with Crippen LogP contribution in [-0.4, -0.2) is 35.2 Å². The summed E-state index contributed by atoms with van der Waals surface area (Å²) in [5.41, 5.74) is 0.264. The van der Waals surface area contributed by atoms with Gasteiger partial charge in [-0.2, -0.15) is 0 Å². The van der Waals surface area contributed by atoms with E-state index in [2.05, 4.69) is 26.1 Å². The van der Waals surface area contributed by atoms with Crippen molar-refractivity contribution in [2.75, 3.05) is 18.9 Å². The second-order valence-electron chi connectivity index (χ2n) is 5.42. The molecule has 0 spiro atoms. The monoisotopic (exact) mass is 256 g/mol. The van der Waals surface area contributed by atoms with E-state index in [-0.39, 0.29) is 11.1 Å². The van der Waals surface area contributed by atoms with Crippen molar-refractivity contribution in [2.45, 2.75) is 57.6 Å². The molecule has 0 aromatic heterocycles. The van der Waals surface area contributed by atoms with Gasteiger partial charge in [0.05, 0.1) is 12.1 Å². The van der Waals surface area contributed by atoms with E-state index in [0.29, 0.717) is 0 Å². The molecule has 17 heavy (non-hydrogen) atoms. The molecule has 1 N–H and O–H groups in total. The van der Waals surface area contributed by atoms with Gasteiger partial charge in [0.2, 0.25) is 0 Å². The fraction of sp³-hybridized carbons (Fsp3) is 0.923. The number of amidine groups is 1. The number of nitrogens with zero attached hydrogens (tertiary/aromatic N) is 1. The molecule has 3 nitrogen and oxygen atoms in total. The Balaban J connectivity index is 1.91. The normalized spacial score (nSPS) is 34.2. The van der Waals surface area contributed by atoms with Gasteiger partial charge < -0.3 is 10.1 Å². The molecule has 2 fully saturated rings. The van der Waals surface area contributed by atoms with Crippen molar-refractivity contribution in [3.63, 3.8) is 0 Å². The summed E-state index contributed by atoms with van der Waals surface area (Å²) < 4.78 is 5.76. The van der Waals surface area contributed by atoms with Crippen LogP contribution in [0.3, 0.4) is 0 Å². The molecule has 2 rings (SSSR count). The lowest BCUT2D eigenvalue weighted by Crippen LogP contribution is -2.42. The first-order valence-electron chi connectivity index (χ1n) is 6.71. The Kier molecular flexibility index (Phi) is 4.03. The Labute approximate surface area is 109 Å². The Bertz CT molecular complexity index is 294. The first-order valence-corrected chi connectivity index (χ1v) is 7.69. The number of hydrogen-bond donors (Lipinski definition) is 1. The highest BCUT2D eigenvalue weighted by Crippen LogP contribution is 2.30. The first kappa shape index (κ1) is 13.2. The molecular formula is C13H24N2OS. The van der Waals surface area contributed by atoms with E-state index in [1.807, 2.05) is 11.8 Å². The molecule has 2 saturated heterocycles. The average molecular weight is 256 g/mol. The van der Waals surface area contributed by atoms with Crippen LogP contribution in [0.5, 0.6) is 0 Å². The summed E-state index contributed by atoms with van der Waals surface area (Å²) >= 11 is 1.86. The summed E-state index contributed by atoms with van der Waals surface area (Å²) in [6.45, 7) is 8.38. The van der Waals surface area contributed by atoms with Crippen LogP contribution in [0.15, 0.2) is 4.99 Å². The lowest BCUT2D eigenvalue weighted by atomic mass is 9.96. The molecule has 2 heterocycles. The van der Waals surface area contributed by atoms with E-state index in [1.165, 1.54) is 19.3 Å². The number of rotatable bonds is 4. The number of thioether (sulfide) groups is 1. The smallest absolute Gasteiger partial charge is 0.157 e. The topological polar surface area (TPSA) is 33.6 Å². The van der Waals surface area contributed by atoms with Gasteiger partial charge in [0.15, 0.2) is 5.17 Å². The van der Waals surface area contributed by atoms with Crippen LogP contribution in [0.1, 0.15) is 46.5 Å². The zero-order chi connectivity index (χ0) is 12.4. The quantitative estimate of drug-likeness (QED) is 0.840. The van der Waals surface area contributed by atoms with Crippen LogP contribution in [0.2, 0.25) is 0 Å². The summed E-state index contributed by atoms with van der Waals surface area (Å²) in [6.07, 6.45) is 4.66. The summed E-state index contributed by atoms with van der Waals surface area (Å²) in [4.78, 5) is 4.71. The van der Waals surface area contributed by atoms with Crippen LogP contribution in [-0.2, 0) is 4.74 Å². The molecule has 2 aliphatic heterocycles. The predicted molar refractivity (Wildman–Crippen MR) is 74.8 cm³/mol. The van der Waals surface area contributed by atoms with Crippen molar-refractivity contribution in [1.29, 1.82) is 0 Å². The minimum absolute atomic E-state index is 0.0150. The van der Waals surface area contributed by atoms with E-state index in [9.17, 15) is 0 Å². The third-order valence-corrected chi connectivity index (χ3v) is 5.27. The Morgan fingerprint density at radius 3 is 2.71 bits per heavy atom. The molecule has 0 amide bonds. The van der Waals surface area contributed by atoms with Gasteiger partial charge >= 0.3 is 0 Å². The van der Waals surface area contributed by atoms with Gasteiger partial charge in [-0.15, -0.1) is 0 Å². The molecule has 98 valence electrons. The molecule has 0 aliphatic carbocycles. The van der Waals surface area contributed by atoms with Gasteiger partial charge in [0.25, 0.3) is 0 Å². The van der Waals surface area contributed by atoms with Gasteiger partial charge in [0.1, 0.15) is 0 Å². The standard InChI is InChI=1S/C13H24N2OS/c1-4-13(5-2)10-17-11(15-13)14-9-12(3)7-6-8-16-12/h4-10H2,1-3H3,(H,14,15). The Hall–Kier alpha value is -0.220. The molecule has 2 aliphatic rings. The maximum atomic E-state index is 5.76. The number of hydrogen-bond acceptors (Lipinski definition) is 3. The van der Waals surface area contributed by atoms with Crippen LogP contribution in [0.25, 0.3) is 0 Å². The van der Waals surface area contributed by atoms with Gasteiger partial charge in [-0.1, -0.05) is 25.6 Å². The van der Waals surface area contributed by atoms with E-state index in [1.54, 1.807) is 0 Å². The molecule has 0 bridgehead atoms. The molecule has 0 radical (unpaired) electrons. The van der Waals surface area contributed by atoms with Crippen LogP contribution in [0, 0.1) is 0 Å². The van der Waals surface area contributed by atoms with Crippen molar-refractivity contribution >= 4 is 16.9 Å². The summed E-state index contributed by atoms with van der Waals surface area (Å²) in [5.74, 6) is 1.15. The highest BCUT2D eigenvalue weighted by Gasteiger charge is 2.35. The maximum Gasteiger partial charge on any atom is 0.157 e. The zero-order valence-electron chi connectivity index (χ0n) is 11.2. The summed E-state index contributed by atoms with van der Waals surface area (Å²) in [7, 11) is 0. The molecule has 1 unspecified atom stereocenters. The minimum atomic E-state index is -0.0150. The number of aliphatic imine (C=N–C) groups is 1. The van der Waals surface area contributed by atoms with E-state index in [0.717, 1.165) is 30.5 Å². The Morgan fingerprint density at radius 1 is 1.41 bits per heavy atom. The first-order chi connectivity index (χ1) is 8.11. The fourth-order valence-corrected chi connectivity index (χ4v) is 3.76. The highest BCUT2D eigenvalue weighted by atomic mass is 32.2. The lowest BCUT2D eigenvalue weighted by molar-refractivity contribution is 0.0284. The second-order valence-corrected chi connectivity index (χ2v) is 6.39. The van der Waals surface area contributed by atoms with Crippen LogP contribution >= 0.6 is 11.8 Å². The third kappa shape index (κ3) is 2.97. The number of nitrogens with one attached hydrogen (secondary N) is 1. The van der Waals surface area contributed by atoms with Gasteiger partial charge in [-0.05, 0) is 32.6 Å².